The molecule has 0 aliphatic rings. The molecule has 0 saturated carbocycles. The molecule has 5 heteroatoms. The summed E-state index contributed by atoms with van der Waals surface area (Å²) in [4.78, 5) is 13.3. The average molecular weight is 305 g/mol. The van der Waals surface area contributed by atoms with E-state index in [4.69, 9.17) is 0 Å². The van der Waals surface area contributed by atoms with Crippen molar-refractivity contribution in [3.8, 4) is 0 Å². The van der Waals surface area contributed by atoms with Gasteiger partial charge in [-0.3, -0.25) is 0 Å². The standard InChI is InChI=1S/C15H32N4.ClH/c1-7-14(9-11-18(3)4)16-13-17-15(8-2)10-12-19(5)6;/h14-15H,7-12H2,1-6H3;1H. The summed E-state index contributed by atoms with van der Waals surface area (Å²) in [5, 5.41) is 0. The molecule has 20 heavy (non-hydrogen) atoms. The Kier molecular flexibility index (Phi) is 14.8. The monoisotopic (exact) mass is 304 g/mol. The Morgan fingerprint density at radius 1 is 0.800 bits per heavy atom. The number of hydrogen-bond donors (Lipinski definition) is 0. The van der Waals surface area contributed by atoms with Crippen LogP contribution >= 0.6 is 12.4 Å². The molecule has 0 aromatic carbocycles. The fraction of sp³-hybridized carbons (Fsp3) is 0.933. The van der Waals surface area contributed by atoms with E-state index >= 15 is 0 Å². The zero-order valence-corrected chi connectivity index (χ0v) is 14.9. The van der Waals surface area contributed by atoms with E-state index in [2.05, 4.69) is 67.8 Å². The molecule has 0 fully saturated rings. The topological polar surface area (TPSA) is 31.2 Å². The highest BCUT2D eigenvalue weighted by atomic mass is 35.5. The number of halogens is 1. The zero-order chi connectivity index (χ0) is 14.7. The predicted molar refractivity (Wildman–Crippen MR) is 91.6 cm³/mol. The summed E-state index contributed by atoms with van der Waals surface area (Å²) >= 11 is 0. The van der Waals surface area contributed by atoms with Gasteiger partial charge in [0.15, 0.2) is 0 Å². The van der Waals surface area contributed by atoms with E-state index in [1.165, 1.54) is 0 Å². The number of nitrogens with zero attached hydrogens (tertiary/aromatic N) is 4. The van der Waals surface area contributed by atoms with E-state index in [1.807, 2.05) is 0 Å². The van der Waals surface area contributed by atoms with Gasteiger partial charge in [0.25, 0.3) is 0 Å². The first-order valence-corrected chi connectivity index (χ1v) is 7.43. The van der Waals surface area contributed by atoms with Crippen LogP contribution in [0.1, 0.15) is 39.5 Å². The van der Waals surface area contributed by atoms with E-state index in [0.29, 0.717) is 12.1 Å². The molecular formula is C15H33ClN4. The molecule has 0 heterocycles. The third-order valence-electron chi connectivity index (χ3n) is 3.24. The van der Waals surface area contributed by atoms with Crippen molar-refractivity contribution in [2.24, 2.45) is 9.98 Å². The minimum Gasteiger partial charge on any atom is -0.309 e. The fourth-order valence-electron chi connectivity index (χ4n) is 1.73. The first-order valence-electron chi connectivity index (χ1n) is 7.43. The smallest absolute Gasteiger partial charge is 0.0898 e. The van der Waals surface area contributed by atoms with Crippen molar-refractivity contribution in [1.82, 2.24) is 9.80 Å². The molecule has 2 atom stereocenters. The number of aliphatic imine (C=N–C) groups is 2. The average Bonchev–Trinajstić information content (AvgIpc) is 2.36. The molecule has 120 valence electrons. The molecule has 0 radical (unpaired) electrons. The second-order valence-corrected chi connectivity index (χ2v) is 5.67. The van der Waals surface area contributed by atoms with Gasteiger partial charge in [-0.05, 0) is 67.0 Å². The lowest BCUT2D eigenvalue weighted by Crippen LogP contribution is -2.18. The van der Waals surface area contributed by atoms with Crippen molar-refractivity contribution in [3.63, 3.8) is 0 Å². The van der Waals surface area contributed by atoms with Gasteiger partial charge in [0.2, 0.25) is 0 Å². The van der Waals surface area contributed by atoms with Gasteiger partial charge in [-0.2, -0.15) is 0 Å². The van der Waals surface area contributed by atoms with E-state index in [0.717, 1.165) is 38.8 Å². The maximum Gasteiger partial charge on any atom is 0.0898 e. The third-order valence-corrected chi connectivity index (χ3v) is 3.24. The highest BCUT2D eigenvalue weighted by Gasteiger charge is 2.05. The predicted octanol–water partition coefficient (Wildman–Crippen LogP) is 3.04. The molecule has 0 bridgehead atoms. The maximum absolute atomic E-state index is 4.47. The van der Waals surface area contributed by atoms with Gasteiger partial charge < -0.3 is 9.80 Å². The molecule has 4 nitrogen and oxygen atoms in total. The van der Waals surface area contributed by atoms with Crippen LogP contribution in [0.25, 0.3) is 0 Å². The van der Waals surface area contributed by atoms with Crippen LogP contribution in [0, 0.1) is 0 Å². The second-order valence-electron chi connectivity index (χ2n) is 5.67. The quantitative estimate of drug-likeness (QED) is 0.581. The summed E-state index contributed by atoms with van der Waals surface area (Å²) in [6.45, 7) is 6.49. The Balaban J connectivity index is 0. The summed E-state index contributed by atoms with van der Waals surface area (Å²) in [6, 6.07) is 3.67. The Bertz CT molecular complexity index is 249. The van der Waals surface area contributed by atoms with Gasteiger partial charge >= 0.3 is 0 Å². The van der Waals surface area contributed by atoms with Crippen LogP contribution < -0.4 is 0 Å². The number of hydrogen-bond acceptors (Lipinski definition) is 4. The first-order chi connectivity index (χ1) is 8.99. The maximum atomic E-state index is 4.47. The van der Waals surface area contributed by atoms with Gasteiger partial charge in [0, 0.05) is 0 Å². The van der Waals surface area contributed by atoms with Crippen molar-refractivity contribution in [2.45, 2.75) is 51.6 Å². The Hall–Kier alpha value is -0.410. The Morgan fingerprint density at radius 2 is 1.15 bits per heavy atom. The second kappa shape index (κ2) is 13.6. The minimum absolute atomic E-state index is 0. The largest absolute Gasteiger partial charge is 0.309 e. The van der Waals surface area contributed by atoms with Gasteiger partial charge in [0.05, 0.1) is 18.1 Å². The first kappa shape index (κ1) is 21.9. The van der Waals surface area contributed by atoms with Crippen LogP contribution in [0.5, 0.6) is 0 Å². The van der Waals surface area contributed by atoms with Crippen LogP contribution in [-0.2, 0) is 0 Å². The lowest BCUT2D eigenvalue weighted by atomic mass is 10.1. The highest BCUT2D eigenvalue weighted by Crippen LogP contribution is 2.05. The molecule has 0 aromatic heterocycles. The van der Waals surface area contributed by atoms with E-state index in [1.54, 1.807) is 0 Å². The van der Waals surface area contributed by atoms with Crippen molar-refractivity contribution < 1.29 is 0 Å². The van der Waals surface area contributed by atoms with Crippen LogP contribution in [0.15, 0.2) is 9.98 Å². The molecular weight excluding hydrogens is 272 g/mol. The van der Waals surface area contributed by atoms with E-state index in [-0.39, 0.29) is 12.4 Å². The molecule has 2 unspecified atom stereocenters. The molecule has 0 aromatic rings. The van der Waals surface area contributed by atoms with E-state index < -0.39 is 0 Å². The van der Waals surface area contributed by atoms with Crippen molar-refractivity contribution in [3.05, 3.63) is 0 Å². The molecule has 0 aliphatic carbocycles. The summed E-state index contributed by atoms with van der Waals surface area (Å²) in [6.07, 6.45) is 4.29. The van der Waals surface area contributed by atoms with Crippen LogP contribution in [-0.4, -0.2) is 69.2 Å². The minimum atomic E-state index is 0. The van der Waals surface area contributed by atoms with Crippen molar-refractivity contribution in [1.29, 1.82) is 0 Å². The Labute approximate surface area is 131 Å². The van der Waals surface area contributed by atoms with Crippen molar-refractivity contribution in [2.75, 3.05) is 41.3 Å². The summed E-state index contributed by atoms with van der Waals surface area (Å²) in [5.74, 6) is 0. The van der Waals surface area contributed by atoms with Crippen LogP contribution in [0.4, 0.5) is 0 Å². The fourth-order valence-corrected chi connectivity index (χ4v) is 1.73. The lowest BCUT2D eigenvalue weighted by Gasteiger charge is -2.13. The summed E-state index contributed by atoms with van der Waals surface area (Å²) < 4.78 is 0. The van der Waals surface area contributed by atoms with Gasteiger partial charge in [-0.15, -0.1) is 12.4 Å². The van der Waals surface area contributed by atoms with Gasteiger partial charge in [0.1, 0.15) is 0 Å². The normalized spacial score (nSPS) is 13.6. The van der Waals surface area contributed by atoms with Crippen molar-refractivity contribution >= 4 is 18.4 Å². The molecule has 0 rings (SSSR count). The number of rotatable bonds is 10. The van der Waals surface area contributed by atoms with Gasteiger partial charge in [-0.25, -0.2) is 9.98 Å². The van der Waals surface area contributed by atoms with Crippen LogP contribution in [0.2, 0.25) is 0 Å². The Morgan fingerprint density at radius 3 is 1.40 bits per heavy atom. The SMILES string of the molecule is CCC(CCN(C)C)N=C=NC(CC)CCN(C)C.Cl. The third kappa shape index (κ3) is 12.6. The highest BCUT2D eigenvalue weighted by molar-refractivity contribution is 5.85. The molecule has 0 N–H and O–H groups in total. The zero-order valence-electron chi connectivity index (χ0n) is 14.1. The molecule has 0 saturated heterocycles. The lowest BCUT2D eigenvalue weighted by molar-refractivity contribution is 0.377. The summed E-state index contributed by atoms with van der Waals surface area (Å²) in [5.41, 5.74) is 0. The molecule has 0 spiro atoms. The summed E-state index contributed by atoms with van der Waals surface area (Å²) in [7, 11) is 8.38. The van der Waals surface area contributed by atoms with Crippen LogP contribution in [0.3, 0.4) is 0 Å². The van der Waals surface area contributed by atoms with E-state index in [9.17, 15) is 0 Å². The molecule has 0 amide bonds. The van der Waals surface area contributed by atoms with Gasteiger partial charge in [-0.1, -0.05) is 13.8 Å². The molecule has 0 aliphatic heterocycles.